The minimum Gasteiger partial charge on any atom is -0.365 e. The Morgan fingerprint density at radius 1 is 0.974 bits per heavy atom. The third kappa shape index (κ3) is 5.00. The number of hydrogen-bond acceptors (Lipinski definition) is 5. The number of benzene rings is 3. The number of ether oxygens (including phenoxy) is 1. The van der Waals surface area contributed by atoms with Crippen LogP contribution in [0.3, 0.4) is 0 Å². The van der Waals surface area contributed by atoms with Crippen molar-refractivity contribution < 1.29 is 4.74 Å². The van der Waals surface area contributed by atoms with Crippen molar-refractivity contribution in [1.82, 2.24) is 9.97 Å². The van der Waals surface area contributed by atoms with Crippen LogP contribution in [0, 0.1) is 0 Å². The first-order valence-corrected chi connectivity index (χ1v) is 15.3. The van der Waals surface area contributed by atoms with Crippen LogP contribution in [0.4, 0.5) is 5.69 Å². The maximum Gasteiger partial charge on any atom is 0.188 e. The van der Waals surface area contributed by atoms with Gasteiger partial charge in [0.25, 0.3) is 0 Å². The summed E-state index contributed by atoms with van der Waals surface area (Å²) in [6, 6.07) is 25.9. The van der Waals surface area contributed by atoms with Gasteiger partial charge in [-0.05, 0) is 64.2 Å². The van der Waals surface area contributed by atoms with Gasteiger partial charge in [0.15, 0.2) is 5.16 Å². The van der Waals surface area contributed by atoms with E-state index in [2.05, 4.69) is 98.6 Å². The molecule has 0 saturated carbocycles. The molecule has 1 atom stereocenters. The highest BCUT2D eigenvalue weighted by atomic mass is 79.9. The van der Waals surface area contributed by atoms with E-state index in [1.165, 1.54) is 39.7 Å². The number of nitrogens with zero attached hydrogens (tertiary/aromatic N) is 3. The van der Waals surface area contributed by atoms with Gasteiger partial charge in [0.1, 0.15) is 10.8 Å². The molecule has 6 rings (SSSR count). The Morgan fingerprint density at radius 3 is 2.32 bits per heavy atom. The quantitative estimate of drug-likeness (QED) is 0.126. The van der Waals surface area contributed by atoms with Gasteiger partial charge in [0, 0.05) is 35.1 Å². The number of hydrogen-bond donors (Lipinski definition) is 0. The summed E-state index contributed by atoms with van der Waals surface area (Å²) in [5.74, 6) is 0. The average Bonchev–Trinajstić information content (AvgIpc) is 2.94. The van der Waals surface area contributed by atoms with Crippen LogP contribution >= 0.6 is 39.3 Å². The Labute approximate surface area is 241 Å². The zero-order valence-electron chi connectivity index (χ0n) is 21.3. The van der Waals surface area contributed by atoms with Crippen molar-refractivity contribution in [3.63, 3.8) is 0 Å². The number of thioether (sulfide) groups is 1. The van der Waals surface area contributed by atoms with Gasteiger partial charge < -0.3 is 9.64 Å². The van der Waals surface area contributed by atoms with E-state index in [4.69, 9.17) is 21.3 Å². The molecule has 1 aliphatic heterocycles. The summed E-state index contributed by atoms with van der Waals surface area (Å²) in [7, 11) is 0. The molecule has 2 aliphatic rings. The molecule has 0 amide bonds. The summed E-state index contributed by atoms with van der Waals surface area (Å²) >= 11 is 12.2. The van der Waals surface area contributed by atoms with Gasteiger partial charge in [-0.3, -0.25) is 0 Å². The summed E-state index contributed by atoms with van der Waals surface area (Å²) < 4.78 is 7.87. The number of rotatable bonds is 6. The smallest absolute Gasteiger partial charge is 0.188 e. The molecule has 4 nitrogen and oxygen atoms in total. The van der Waals surface area contributed by atoms with Crippen molar-refractivity contribution in [1.29, 1.82) is 0 Å². The number of aryl methyl sites for hydroxylation is 1. The fourth-order valence-electron chi connectivity index (χ4n) is 5.79. The SMILES string of the molecule is CSc1nc(Cl)c2c(n1)CC1(CCCc3ccc(N(Cc4ccccc4)Cc4ccccc4)c(Br)c31)OC2. The van der Waals surface area contributed by atoms with Crippen LogP contribution in [-0.2, 0) is 42.9 Å². The Balaban J connectivity index is 1.43. The molecular weight excluding hydrogens is 578 g/mol. The fourth-order valence-corrected chi connectivity index (χ4v) is 7.46. The monoisotopic (exact) mass is 605 g/mol. The first kappa shape index (κ1) is 25.9. The van der Waals surface area contributed by atoms with Gasteiger partial charge >= 0.3 is 0 Å². The third-order valence-corrected chi connectivity index (χ3v) is 9.28. The first-order valence-electron chi connectivity index (χ1n) is 12.9. The highest BCUT2D eigenvalue weighted by molar-refractivity contribution is 9.10. The molecule has 1 spiro atoms. The van der Waals surface area contributed by atoms with Crippen LogP contribution in [0.1, 0.15) is 46.4 Å². The molecule has 0 N–H and O–H groups in total. The van der Waals surface area contributed by atoms with Crippen molar-refractivity contribution in [3.8, 4) is 0 Å². The molecule has 194 valence electrons. The molecule has 1 unspecified atom stereocenters. The van der Waals surface area contributed by atoms with Crippen molar-refractivity contribution in [2.45, 2.75) is 56.1 Å². The molecule has 2 heterocycles. The van der Waals surface area contributed by atoms with Gasteiger partial charge in [0.2, 0.25) is 0 Å². The number of aromatic nitrogens is 2. The Kier molecular flexibility index (Phi) is 7.50. The molecule has 38 heavy (non-hydrogen) atoms. The van der Waals surface area contributed by atoms with E-state index < -0.39 is 5.60 Å². The highest BCUT2D eigenvalue weighted by Crippen LogP contribution is 2.50. The van der Waals surface area contributed by atoms with E-state index in [9.17, 15) is 0 Å². The molecule has 0 radical (unpaired) electrons. The van der Waals surface area contributed by atoms with Crippen molar-refractivity contribution >= 4 is 45.0 Å². The molecule has 0 fully saturated rings. The summed E-state index contributed by atoms with van der Waals surface area (Å²) in [5, 5.41) is 1.22. The maximum absolute atomic E-state index is 6.75. The molecule has 1 aliphatic carbocycles. The largest absolute Gasteiger partial charge is 0.365 e. The predicted octanol–water partition coefficient (Wildman–Crippen LogP) is 8.13. The minimum atomic E-state index is -0.437. The normalized spacial score (nSPS) is 18.2. The lowest BCUT2D eigenvalue weighted by Crippen LogP contribution is -2.40. The topological polar surface area (TPSA) is 38.2 Å². The van der Waals surface area contributed by atoms with E-state index in [1.807, 2.05) is 6.26 Å². The molecule has 0 saturated heterocycles. The van der Waals surface area contributed by atoms with Crippen LogP contribution in [0.25, 0.3) is 0 Å². The summed E-state index contributed by atoms with van der Waals surface area (Å²) in [5.41, 5.74) is 7.84. The summed E-state index contributed by atoms with van der Waals surface area (Å²) in [6.45, 7) is 2.05. The second-order valence-electron chi connectivity index (χ2n) is 10.00. The second kappa shape index (κ2) is 11.0. The molecule has 4 aromatic rings. The molecule has 0 bridgehead atoms. The Hall–Kier alpha value is -2.38. The predicted molar refractivity (Wildman–Crippen MR) is 159 cm³/mol. The lowest BCUT2D eigenvalue weighted by molar-refractivity contribution is -0.0862. The third-order valence-electron chi connectivity index (χ3n) is 7.61. The van der Waals surface area contributed by atoms with Gasteiger partial charge in [0.05, 0.1) is 18.0 Å². The van der Waals surface area contributed by atoms with E-state index in [0.717, 1.165) is 48.1 Å². The zero-order chi connectivity index (χ0) is 26.1. The standard InChI is InChI=1S/C31H29BrClN3OS/c1-38-30-34-25-17-31(37-20-24(25)29(33)35-30)16-8-13-23-14-15-26(28(32)27(23)31)36(18-21-9-4-2-5-10-21)19-22-11-6-3-7-12-22/h2-7,9-12,14-15H,8,13,16-20H2,1H3. The number of fused-ring (bicyclic) bond motifs is 3. The molecular formula is C31H29BrClN3OS. The van der Waals surface area contributed by atoms with Gasteiger partial charge in [-0.25, -0.2) is 9.97 Å². The summed E-state index contributed by atoms with van der Waals surface area (Å²) in [6.07, 6.45) is 5.77. The van der Waals surface area contributed by atoms with Crippen LogP contribution < -0.4 is 4.90 Å². The van der Waals surface area contributed by atoms with E-state index in [0.29, 0.717) is 23.3 Å². The van der Waals surface area contributed by atoms with Gasteiger partial charge in [-0.2, -0.15) is 0 Å². The van der Waals surface area contributed by atoms with Crippen LogP contribution in [0.15, 0.2) is 82.4 Å². The van der Waals surface area contributed by atoms with E-state index in [-0.39, 0.29) is 0 Å². The summed E-state index contributed by atoms with van der Waals surface area (Å²) in [4.78, 5) is 11.8. The Morgan fingerprint density at radius 2 is 1.66 bits per heavy atom. The van der Waals surface area contributed by atoms with Crippen molar-refractivity contribution in [3.05, 3.63) is 116 Å². The number of halogens is 2. The highest BCUT2D eigenvalue weighted by Gasteiger charge is 2.44. The van der Waals surface area contributed by atoms with Crippen LogP contribution in [0.2, 0.25) is 5.15 Å². The first-order chi connectivity index (χ1) is 18.6. The molecule has 7 heteroatoms. The second-order valence-corrected chi connectivity index (χ2v) is 11.9. The van der Waals surface area contributed by atoms with Crippen molar-refractivity contribution in [2.24, 2.45) is 0 Å². The van der Waals surface area contributed by atoms with E-state index >= 15 is 0 Å². The lowest BCUT2D eigenvalue weighted by atomic mass is 9.74. The van der Waals surface area contributed by atoms with E-state index in [1.54, 1.807) is 0 Å². The minimum absolute atomic E-state index is 0.427. The van der Waals surface area contributed by atoms with Crippen LogP contribution in [-0.4, -0.2) is 16.2 Å². The number of anilines is 1. The Bertz CT molecular complexity index is 1410. The van der Waals surface area contributed by atoms with Crippen molar-refractivity contribution in [2.75, 3.05) is 11.2 Å². The fraction of sp³-hybridized carbons (Fsp3) is 0.290. The van der Waals surface area contributed by atoms with Crippen LogP contribution in [0.5, 0.6) is 0 Å². The average molecular weight is 607 g/mol. The molecule has 3 aromatic carbocycles. The maximum atomic E-state index is 6.75. The molecule has 1 aromatic heterocycles. The lowest BCUT2D eigenvalue weighted by Gasteiger charge is -2.43. The van der Waals surface area contributed by atoms with Gasteiger partial charge in [-0.1, -0.05) is 90.1 Å². The zero-order valence-corrected chi connectivity index (χ0v) is 24.5. The van der Waals surface area contributed by atoms with Gasteiger partial charge in [-0.15, -0.1) is 0 Å².